The quantitative estimate of drug-likeness (QED) is 0.779. The molecule has 0 bridgehead atoms. The van der Waals surface area contributed by atoms with Gasteiger partial charge in [0.15, 0.2) is 0 Å². The van der Waals surface area contributed by atoms with Crippen molar-refractivity contribution in [2.45, 2.75) is 11.8 Å². The molecule has 2 aromatic carbocycles. The average molecular weight is 430 g/mol. The minimum Gasteiger partial charge on any atom is -0.329 e. The van der Waals surface area contributed by atoms with Crippen LogP contribution in [0.3, 0.4) is 0 Å². The summed E-state index contributed by atoms with van der Waals surface area (Å²) in [6.07, 6.45) is 0. The molecule has 1 amide bonds. The Morgan fingerprint density at radius 2 is 1.85 bits per heavy atom. The lowest BCUT2D eigenvalue weighted by Gasteiger charge is -2.37. The molecule has 1 fully saturated rings. The second-order valence-electron chi connectivity index (χ2n) is 6.24. The number of sulfonamides is 1. The van der Waals surface area contributed by atoms with Gasteiger partial charge in [-0.1, -0.05) is 41.9 Å². The zero-order chi connectivity index (χ0) is 18.7. The number of halogens is 2. The molecule has 146 valence electrons. The minimum absolute atomic E-state index is 0. The van der Waals surface area contributed by atoms with Crippen LogP contribution in [0, 0.1) is 0 Å². The number of amides is 1. The Balaban J connectivity index is 0.00000261. The zero-order valence-corrected chi connectivity index (χ0v) is 16.9. The lowest BCUT2D eigenvalue weighted by atomic mass is 10.0. The van der Waals surface area contributed by atoms with Crippen molar-refractivity contribution in [3.05, 3.63) is 70.2 Å². The van der Waals surface area contributed by atoms with E-state index in [1.165, 1.54) is 0 Å². The van der Waals surface area contributed by atoms with Crippen LogP contribution in [0.1, 0.15) is 27.5 Å². The van der Waals surface area contributed by atoms with Crippen LogP contribution in [0.2, 0.25) is 5.02 Å². The third kappa shape index (κ3) is 5.43. The second kappa shape index (κ2) is 9.03. The predicted molar refractivity (Wildman–Crippen MR) is 109 cm³/mol. The van der Waals surface area contributed by atoms with E-state index in [2.05, 4.69) is 5.32 Å². The summed E-state index contributed by atoms with van der Waals surface area (Å²) in [6, 6.07) is 13.8. The molecule has 9 heteroatoms. The van der Waals surface area contributed by atoms with Crippen molar-refractivity contribution in [1.29, 1.82) is 0 Å². The normalized spacial score (nSPS) is 17.3. The SMILES string of the molecule is Cl.NS(=O)(=O)Cc1ccc(C(=O)N2CCNCC2c2ccccc2Cl)cc1. The number of primary sulfonamides is 1. The first-order chi connectivity index (χ1) is 12.3. The van der Waals surface area contributed by atoms with Crippen molar-refractivity contribution >= 4 is 39.9 Å². The lowest BCUT2D eigenvalue weighted by molar-refractivity contribution is 0.0634. The van der Waals surface area contributed by atoms with E-state index < -0.39 is 10.0 Å². The standard InChI is InChI=1S/C18H20ClN3O3S.ClH/c19-16-4-2-1-3-15(16)17-11-21-9-10-22(17)18(23)14-7-5-13(6-8-14)12-26(20,24)25;/h1-8,17,21H,9-12H2,(H2,20,24,25);1H. The first-order valence-corrected chi connectivity index (χ1v) is 10.3. The fourth-order valence-electron chi connectivity index (χ4n) is 3.11. The first kappa shape index (κ1) is 21.7. The molecule has 0 radical (unpaired) electrons. The summed E-state index contributed by atoms with van der Waals surface area (Å²) < 4.78 is 22.4. The molecule has 0 aliphatic carbocycles. The van der Waals surface area contributed by atoms with Crippen LogP contribution < -0.4 is 10.5 Å². The van der Waals surface area contributed by atoms with Crippen molar-refractivity contribution in [2.75, 3.05) is 19.6 Å². The topological polar surface area (TPSA) is 92.5 Å². The van der Waals surface area contributed by atoms with Crippen molar-refractivity contribution in [3.8, 4) is 0 Å². The van der Waals surface area contributed by atoms with Crippen molar-refractivity contribution in [1.82, 2.24) is 10.2 Å². The molecular formula is C18H21Cl2N3O3S. The number of hydrogen-bond donors (Lipinski definition) is 2. The van der Waals surface area contributed by atoms with Crippen LogP contribution >= 0.6 is 24.0 Å². The Morgan fingerprint density at radius 3 is 2.48 bits per heavy atom. The van der Waals surface area contributed by atoms with Gasteiger partial charge in [0.25, 0.3) is 5.91 Å². The largest absolute Gasteiger partial charge is 0.329 e. The summed E-state index contributed by atoms with van der Waals surface area (Å²) in [4.78, 5) is 14.8. The van der Waals surface area contributed by atoms with Crippen LogP contribution in [0.5, 0.6) is 0 Å². The smallest absolute Gasteiger partial charge is 0.254 e. The van der Waals surface area contributed by atoms with Gasteiger partial charge in [-0.25, -0.2) is 13.6 Å². The van der Waals surface area contributed by atoms with Crippen LogP contribution in [-0.2, 0) is 15.8 Å². The van der Waals surface area contributed by atoms with Gasteiger partial charge in [-0.15, -0.1) is 12.4 Å². The molecule has 0 saturated carbocycles. The molecule has 27 heavy (non-hydrogen) atoms. The van der Waals surface area contributed by atoms with Crippen molar-refractivity contribution in [2.24, 2.45) is 5.14 Å². The third-order valence-electron chi connectivity index (χ3n) is 4.34. The van der Waals surface area contributed by atoms with Gasteiger partial charge in [-0.2, -0.15) is 0 Å². The van der Waals surface area contributed by atoms with Gasteiger partial charge >= 0.3 is 0 Å². The number of piperazine rings is 1. The molecule has 0 aromatic heterocycles. The molecule has 6 nitrogen and oxygen atoms in total. The number of nitrogens with two attached hydrogens (primary N) is 1. The van der Waals surface area contributed by atoms with Crippen LogP contribution in [0.4, 0.5) is 0 Å². The third-order valence-corrected chi connectivity index (χ3v) is 5.42. The van der Waals surface area contributed by atoms with Crippen molar-refractivity contribution < 1.29 is 13.2 Å². The number of benzene rings is 2. The van der Waals surface area contributed by atoms with E-state index in [0.29, 0.717) is 35.8 Å². The molecule has 1 unspecified atom stereocenters. The number of carbonyl (C=O) groups excluding carboxylic acids is 1. The summed E-state index contributed by atoms with van der Waals surface area (Å²) in [5, 5.41) is 8.98. The first-order valence-electron chi connectivity index (χ1n) is 8.21. The maximum absolute atomic E-state index is 13.0. The number of hydrogen-bond acceptors (Lipinski definition) is 4. The molecule has 0 spiro atoms. The van der Waals surface area contributed by atoms with E-state index in [1.54, 1.807) is 29.2 Å². The van der Waals surface area contributed by atoms with Gasteiger partial charge in [-0.3, -0.25) is 4.79 Å². The van der Waals surface area contributed by atoms with Gasteiger partial charge in [-0.05, 0) is 29.3 Å². The molecule has 1 heterocycles. The minimum atomic E-state index is -3.60. The maximum atomic E-state index is 13.0. The van der Waals surface area contributed by atoms with Crippen LogP contribution in [0.15, 0.2) is 48.5 Å². The predicted octanol–water partition coefficient (Wildman–Crippen LogP) is 2.34. The lowest BCUT2D eigenvalue weighted by Crippen LogP contribution is -2.48. The highest BCUT2D eigenvalue weighted by atomic mass is 35.5. The number of rotatable bonds is 4. The van der Waals surface area contributed by atoms with E-state index in [1.807, 2.05) is 24.3 Å². The molecule has 1 aliphatic heterocycles. The molecule has 2 aromatic rings. The van der Waals surface area contributed by atoms with Crippen molar-refractivity contribution in [3.63, 3.8) is 0 Å². The molecule has 1 aliphatic rings. The van der Waals surface area contributed by atoms with E-state index >= 15 is 0 Å². The number of nitrogens with one attached hydrogen (secondary N) is 1. The average Bonchev–Trinajstić information content (AvgIpc) is 2.61. The molecule has 3 rings (SSSR count). The monoisotopic (exact) mass is 429 g/mol. The number of nitrogens with zero attached hydrogens (tertiary/aromatic N) is 1. The molecular weight excluding hydrogens is 409 g/mol. The summed E-state index contributed by atoms with van der Waals surface area (Å²) in [5.74, 6) is -0.365. The van der Waals surface area contributed by atoms with E-state index in [-0.39, 0.29) is 30.1 Å². The maximum Gasteiger partial charge on any atom is 0.254 e. The zero-order valence-electron chi connectivity index (χ0n) is 14.5. The number of carbonyl (C=O) groups is 1. The summed E-state index contributed by atoms with van der Waals surface area (Å²) in [5.41, 5.74) is 1.95. The van der Waals surface area contributed by atoms with E-state index in [0.717, 1.165) is 5.56 Å². The van der Waals surface area contributed by atoms with Gasteiger partial charge in [0.05, 0.1) is 11.8 Å². The summed E-state index contributed by atoms with van der Waals surface area (Å²) in [7, 11) is -3.60. The second-order valence-corrected chi connectivity index (χ2v) is 8.27. The summed E-state index contributed by atoms with van der Waals surface area (Å²) in [6.45, 7) is 1.89. The molecule has 1 saturated heterocycles. The highest BCUT2D eigenvalue weighted by Crippen LogP contribution is 2.29. The van der Waals surface area contributed by atoms with Gasteiger partial charge < -0.3 is 10.2 Å². The van der Waals surface area contributed by atoms with Gasteiger partial charge in [0.1, 0.15) is 0 Å². The Hall–Kier alpha value is -1.64. The Labute approximate surface area is 170 Å². The van der Waals surface area contributed by atoms with Crippen LogP contribution in [-0.4, -0.2) is 38.9 Å². The molecule has 1 atom stereocenters. The van der Waals surface area contributed by atoms with Gasteiger partial charge in [0.2, 0.25) is 10.0 Å². The fraction of sp³-hybridized carbons (Fsp3) is 0.278. The Kier molecular flexibility index (Phi) is 7.25. The Bertz CT molecular complexity index is 904. The summed E-state index contributed by atoms with van der Waals surface area (Å²) >= 11 is 6.32. The Morgan fingerprint density at radius 1 is 1.19 bits per heavy atom. The highest BCUT2D eigenvalue weighted by molar-refractivity contribution is 7.88. The van der Waals surface area contributed by atoms with E-state index in [4.69, 9.17) is 16.7 Å². The van der Waals surface area contributed by atoms with Crippen LogP contribution in [0.25, 0.3) is 0 Å². The van der Waals surface area contributed by atoms with E-state index in [9.17, 15) is 13.2 Å². The highest BCUT2D eigenvalue weighted by Gasteiger charge is 2.29. The fourth-order valence-corrected chi connectivity index (χ4v) is 4.03. The van der Waals surface area contributed by atoms with Gasteiger partial charge in [0, 0.05) is 30.2 Å². The molecule has 3 N–H and O–H groups in total.